The van der Waals surface area contributed by atoms with Crippen LogP contribution < -0.4 is 15.9 Å². The SMILES string of the molecule is NC(CO)(CCc1ccc2oc3cc(-c4cccc(OC(F)(F)F)c4)ccc3c(=O)c2c1)COP(=O)(O)O. The molecule has 38 heavy (non-hydrogen) atoms. The summed E-state index contributed by atoms with van der Waals surface area (Å²) in [5.74, 6) is -0.376. The van der Waals surface area contributed by atoms with E-state index in [1.54, 1.807) is 36.4 Å². The third-order valence-corrected chi connectivity index (χ3v) is 6.35. The Balaban J connectivity index is 1.61. The monoisotopic (exact) mass is 553 g/mol. The van der Waals surface area contributed by atoms with Gasteiger partial charge in [0.05, 0.1) is 29.5 Å². The molecule has 0 fully saturated rings. The number of aliphatic hydroxyl groups is 1. The van der Waals surface area contributed by atoms with Crippen LogP contribution in [-0.4, -0.2) is 40.0 Å². The van der Waals surface area contributed by atoms with Gasteiger partial charge in [-0.25, -0.2) is 4.57 Å². The van der Waals surface area contributed by atoms with Crippen LogP contribution in [0.25, 0.3) is 33.1 Å². The van der Waals surface area contributed by atoms with Crippen LogP contribution in [0.1, 0.15) is 12.0 Å². The van der Waals surface area contributed by atoms with E-state index < -0.39 is 32.9 Å². The van der Waals surface area contributed by atoms with Gasteiger partial charge in [-0.2, -0.15) is 0 Å². The van der Waals surface area contributed by atoms with Crippen molar-refractivity contribution in [1.82, 2.24) is 0 Å². The summed E-state index contributed by atoms with van der Waals surface area (Å²) >= 11 is 0. The van der Waals surface area contributed by atoms with Crippen molar-refractivity contribution in [2.45, 2.75) is 24.7 Å². The van der Waals surface area contributed by atoms with Crippen LogP contribution in [0, 0.1) is 0 Å². The Labute approximate surface area is 213 Å². The number of aryl methyl sites for hydroxylation is 1. The molecule has 0 aliphatic rings. The number of rotatable bonds is 9. The highest BCUT2D eigenvalue weighted by Crippen LogP contribution is 2.37. The first-order chi connectivity index (χ1) is 17.8. The summed E-state index contributed by atoms with van der Waals surface area (Å²) in [6.07, 6.45) is -4.45. The third kappa shape index (κ3) is 6.79. The lowest BCUT2D eigenvalue weighted by Gasteiger charge is -2.27. The van der Waals surface area contributed by atoms with Gasteiger partial charge in [0.15, 0.2) is 0 Å². The molecule has 202 valence electrons. The lowest BCUT2D eigenvalue weighted by atomic mass is 9.93. The van der Waals surface area contributed by atoms with Crippen LogP contribution in [0.5, 0.6) is 5.75 Å². The molecule has 0 spiro atoms. The van der Waals surface area contributed by atoms with E-state index in [4.69, 9.17) is 19.9 Å². The van der Waals surface area contributed by atoms with Gasteiger partial charge >= 0.3 is 14.2 Å². The minimum absolute atomic E-state index is 0.106. The fraction of sp³-hybridized carbons (Fsp3) is 0.240. The van der Waals surface area contributed by atoms with Crippen LogP contribution in [0.3, 0.4) is 0 Å². The van der Waals surface area contributed by atoms with Crippen molar-refractivity contribution >= 4 is 29.8 Å². The highest BCUT2D eigenvalue weighted by atomic mass is 31.2. The molecule has 4 rings (SSSR count). The van der Waals surface area contributed by atoms with Crippen LogP contribution in [0.15, 0.2) is 69.9 Å². The smallest absolute Gasteiger partial charge is 0.456 e. The molecular weight excluding hydrogens is 530 g/mol. The quantitative estimate of drug-likeness (QED) is 0.176. The first kappa shape index (κ1) is 27.8. The molecule has 1 unspecified atom stereocenters. The Hall–Kier alpha value is -3.25. The Bertz CT molecular complexity index is 1580. The summed E-state index contributed by atoms with van der Waals surface area (Å²) < 4.78 is 63.1. The van der Waals surface area contributed by atoms with Gasteiger partial charge in [0.2, 0.25) is 5.43 Å². The standard InChI is InChI=1S/C25H23F3NO8P/c26-25(27,28)37-18-3-1-2-16(11-18)17-5-6-19-22(12-17)36-21-7-4-15(10-20(21)23(19)31)8-9-24(29,13-30)14-35-38(32,33)34/h1-7,10-12,30H,8-9,13-14,29H2,(H2,32,33,34). The number of hydrogen-bond acceptors (Lipinski definition) is 7. The van der Waals surface area contributed by atoms with Crippen molar-refractivity contribution in [2.24, 2.45) is 5.73 Å². The summed E-state index contributed by atoms with van der Waals surface area (Å²) in [6.45, 7) is -1.15. The molecule has 3 aromatic carbocycles. The highest BCUT2D eigenvalue weighted by Gasteiger charge is 2.31. The first-order valence-corrected chi connectivity index (χ1v) is 12.7. The van der Waals surface area contributed by atoms with Crippen LogP contribution >= 0.6 is 7.82 Å². The van der Waals surface area contributed by atoms with E-state index in [9.17, 15) is 27.6 Å². The fourth-order valence-electron chi connectivity index (χ4n) is 3.91. The number of benzene rings is 3. The fourth-order valence-corrected chi connectivity index (χ4v) is 4.34. The largest absolute Gasteiger partial charge is 0.573 e. The molecule has 0 saturated carbocycles. The Morgan fingerprint density at radius 3 is 2.37 bits per heavy atom. The van der Waals surface area contributed by atoms with E-state index in [-0.39, 0.29) is 46.0 Å². The van der Waals surface area contributed by atoms with Crippen LogP contribution in [0.2, 0.25) is 0 Å². The van der Waals surface area contributed by atoms with E-state index in [1.165, 1.54) is 24.3 Å². The molecule has 1 heterocycles. The van der Waals surface area contributed by atoms with Gasteiger partial charge < -0.3 is 29.8 Å². The number of fused-ring (bicyclic) bond motifs is 2. The maximum Gasteiger partial charge on any atom is 0.573 e. The average Bonchev–Trinajstić information content (AvgIpc) is 2.85. The number of aliphatic hydroxyl groups excluding tert-OH is 1. The Morgan fingerprint density at radius 1 is 0.947 bits per heavy atom. The zero-order chi connectivity index (χ0) is 27.7. The van der Waals surface area contributed by atoms with Gasteiger partial charge in [-0.3, -0.25) is 9.32 Å². The lowest BCUT2D eigenvalue weighted by molar-refractivity contribution is -0.274. The number of phosphoric acid groups is 1. The Kier molecular flexibility index (Phi) is 7.67. The van der Waals surface area contributed by atoms with E-state index in [0.29, 0.717) is 16.7 Å². The molecule has 1 aromatic heterocycles. The molecule has 0 saturated heterocycles. The molecule has 4 aromatic rings. The van der Waals surface area contributed by atoms with Gasteiger partial charge in [-0.15, -0.1) is 13.2 Å². The molecule has 1 atom stereocenters. The van der Waals surface area contributed by atoms with Crippen LogP contribution in [0.4, 0.5) is 13.2 Å². The van der Waals surface area contributed by atoms with Crippen molar-refractivity contribution in [2.75, 3.05) is 13.2 Å². The molecule has 0 amide bonds. The Morgan fingerprint density at radius 2 is 1.68 bits per heavy atom. The normalized spacial score (nSPS) is 14.1. The van der Waals surface area contributed by atoms with Gasteiger partial charge in [-0.1, -0.05) is 24.3 Å². The molecule has 5 N–H and O–H groups in total. The maximum atomic E-state index is 13.2. The molecule has 9 nitrogen and oxygen atoms in total. The zero-order valence-electron chi connectivity index (χ0n) is 19.6. The zero-order valence-corrected chi connectivity index (χ0v) is 20.5. The highest BCUT2D eigenvalue weighted by molar-refractivity contribution is 7.46. The van der Waals surface area contributed by atoms with E-state index in [0.717, 1.165) is 0 Å². The predicted octanol–water partition coefficient (Wildman–Crippen LogP) is 4.24. The summed E-state index contributed by atoms with van der Waals surface area (Å²) in [6, 6.07) is 15.0. The minimum Gasteiger partial charge on any atom is -0.456 e. The topological polar surface area (TPSA) is 152 Å². The van der Waals surface area contributed by atoms with Crippen molar-refractivity contribution in [3.63, 3.8) is 0 Å². The second-order valence-electron chi connectivity index (χ2n) is 8.83. The minimum atomic E-state index is -4.83. The van der Waals surface area contributed by atoms with Crippen molar-refractivity contribution in [1.29, 1.82) is 0 Å². The van der Waals surface area contributed by atoms with E-state index >= 15 is 0 Å². The molecule has 0 radical (unpaired) electrons. The number of phosphoric ester groups is 1. The summed E-state index contributed by atoms with van der Waals surface area (Å²) in [5, 5.41) is 10.1. The molecule has 0 aliphatic carbocycles. The predicted molar refractivity (Wildman–Crippen MR) is 132 cm³/mol. The number of ether oxygens (including phenoxy) is 1. The van der Waals surface area contributed by atoms with Crippen molar-refractivity contribution in [3.05, 3.63) is 76.5 Å². The van der Waals surface area contributed by atoms with Gasteiger partial charge in [0, 0.05) is 0 Å². The van der Waals surface area contributed by atoms with Gasteiger partial charge in [0.1, 0.15) is 16.9 Å². The van der Waals surface area contributed by atoms with Crippen LogP contribution in [-0.2, 0) is 15.5 Å². The van der Waals surface area contributed by atoms with Gasteiger partial charge in [-0.05, 0) is 65.9 Å². The molecule has 0 bridgehead atoms. The second-order valence-corrected chi connectivity index (χ2v) is 10.1. The third-order valence-electron chi connectivity index (χ3n) is 5.88. The number of alkyl halides is 3. The van der Waals surface area contributed by atoms with E-state index in [1.807, 2.05) is 0 Å². The molecule has 0 aliphatic heterocycles. The number of hydrogen-bond donors (Lipinski definition) is 4. The van der Waals surface area contributed by atoms with Crippen molar-refractivity contribution in [3.8, 4) is 16.9 Å². The molecule has 13 heteroatoms. The average molecular weight is 553 g/mol. The lowest BCUT2D eigenvalue weighted by Crippen LogP contribution is -2.48. The van der Waals surface area contributed by atoms with E-state index in [2.05, 4.69) is 9.26 Å². The second kappa shape index (κ2) is 10.5. The number of halogens is 3. The van der Waals surface area contributed by atoms with Gasteiger partial charge in [0.25, 0.3) is 0 Å². The summed E-state index contributed by atoms with van der Waals surface area (Å²) in [4.78, 5) is 31.0. The molecular formula is C25H23F3NO8P. The first-order valence-electron chi connectivity index (χ1n) is 11.2. The van der Waals surface area contributed by atoms with Crippen molar-refractivity contribution < 1.29 is 46.3 Å². The number of nitrogens with two attached hydrogens (primary N) is 1. The summed E-state index contributed by atoms with van der Waals surface area (Å²) in [7, 11) is -4.76. The summed E-state index contributed by atoms with van der Waals surface area (Å²) in [5.41, 5.74) is 6.41. The maximum absolute atomic E-state index is 13.2.